The Labute approximate surface area is 74.1 Å². The Morgan fingerprint density at radius 3 is 2.25 bits per heavy atom. The first kappa shape index (κ1) is 9.52. The number of carbonyl (C=O) groups is 1. The molecule has 0 aromatic rings. The highest BCUT2D eigenvalue weighted by molar-refractivity contribution is 5.86. The largest absolute Gasteiger partial charge is 0.338 e. The van der Waals surface area contributed by atoms with Crippen LogP contribution in [-0.2, 0) is 4.79 Å². The summed E-state index contributed by atoms with van der Waals surface area (Å²) < 4.78 is 0. The number of rotatable bonds is 0. The number of hydrogen-bond acceptors (Lipinski definition) is 2. The van der Waals surface area contributed by atoms with E-state index in [1.165, 1.54) is 0 Å². The van der Waals surface area contributed by atoms with Crippen molar-refractivity contribution in [1.82, 2.24) is 10.2 Å². The van der Waals surface area contributed by atoms with E-state index < -0.39 is 5.54 Å². The zero-order chi connectivity index (χ0) is 9.57. The second-order valence-corrected chi connectivity index (χ2v) is 4.66. The van der Waals surface area contributed by atoms with E-state index in [0.717, 1.165) is 6.54 Å². The average Bonchev–Trinajstić information content (AvgIpc) is 1.96. The van der Waals surface area contributed by atoms with E-state index in [-0.39, 0.29) is 11.4 Å². The summed E-state index contributed by atoms with van der Waals surface area (Å²) in [5, 5.41) is 3.24. The number of likely N-dealkylation sites (N-methyl/N-ethyl adjacent to an activating group) is 1. The number of hydrogen-bond donors (Lipinski definition) is 1. The van der Waals surface area contributed by atoms with Crippen molar-refractivity contribution in [2.45, 2.75) is 38.8 Å². The molecule has 0 aliphatic carbocycles. The molecule has 12 heavy (non-hydrogen) atoms. The Hall–Kier alpha value is -0.570. The van der Waals surface area contributed by atoms with Crippen molar-refractivity contribution in [3.05, 3.63) is 0 Å². The van der Waals surface area contributed by atoms with Gasteiger partial charge in [-0.05, 0) is 27.7 Å². The van der Waals surface area contributed by atoms with Gasteiger partial charge in [0.15, 0.2) is 0 Å². The molecule has 1 rings (SSSR count). The second-order valence-electron chi connectivity index (χ2n) is 4.66. The Kier molecular flexibility index (Phi) is 1.95. The molecule has 1 heterocycles. The van der Waals surface area contributed by atoms with Crippen LogP contribution in [0.4, 0.5) is 0 Å². The van der Waals surface area contributed by atoms with Gasteiger partial charge in [-0.15, -0.1) is 0 Å². The Balaban J connectivity index is 2.88. The molecule has 1 fully saturated rings. The van der Waals surface area contributed by atoms with Crippen LogP contribution < -0.4 is 5.32 Å². The molecule has 3 nitrogen and oxygen atoms in total. The smallest absolute Gasteiger partial charge is 0.242 e. The fourth-order valence-electron chi connectivity index (χ4n) is 1.33. The zero-order valence-corrected chi connectivity index (χ0v) is 8.56. The van der Waals surface area contributed by atoms with E-state index in [4.69, 9.17) is 0 Å². The molecule has 3 heteroatoms. The highest BCUT2D eigenvalue weighted by Gasteiger charge is 2.42. The molecule has 1 aliphatic rings. The van der Waals surface area contributed by atoms with Gasteiger partial charge in [0.05, 0.1) is 5.54 Å². The highest BCUT2D eigenvalue weighted by atomic mass is 16.2. The number of piperazine rings is 1. The maximum Gasteiger partial charge on any atom is 0.242 e. The van der Waals surface area contributed by atoms with Crippen molar-refractivity contribution >= 4 is 5.91 Å². The monoisotopic (exact) mass is 170 g/mol. The molecule has 0 saturated carbocycles. The molecule has 0 aromatic carbocycles. The Bertz CT molecular complexity index is 209. The molecule has 0 spiro atoms. The first-order chi connectivity index (χ1) is 5.27. The molecule has 1 saturated heterocycles. The summed E-state index contributed by atoms with van der Waals surface area (Å²) in [7, 11) is 1.87. The lowest BCUT2D eigenvalue weighted by Gasteiger charge is -2.47. The van der Waals surface area contributed by atoms with Crippen LogP contribution in [0.15, 0.2) is 0 Å². The summed E-state index contributed by atoms with van der Waals surface area (Å²) >= 11 is 0. The summed E-state index contributed by atoms with van der Waals surface area (Å²) in [5.41, 5.74) is -0.461. The minimum Gasteiger partial charge on any atom is -0.338 e. The maximum absolute atomic E-state index is 11.7. The highest BCUT2D eigenvalue weighted by Crippen LogP contribution is 2.22. The van der Waals surface area contributed by atoms with E-state index >= 15 is 0 Å². The predicted octanol–water partition coefficient (Wildman–Crippen LogP) is 0.605. The lowest BCUT2D eigenvalue weighted by molar-refractivity contribution is -0.145. The van der Waals surface area contributed by atoms with Crippen molar-refractivity contribution in [1.29, 1.82) is 0 Å². The van der Waals surface area contributed by atoms with Crippen LogP contribution >= 0.6 is 0 Å². The number of amides is 1. The topological polar surface area (TPSA) is 32.3 Å². The van der Waals surface area contributed by atoms with Crippen LogP contribution in [0.3, 0.4) is 0 Å². The SMILES string of the molecule is CN1C(=O)C(C)(C)NCC1(C)C. The summed E-state index contributed by atoms with van der Waals surface area (Å²) in [5.74, 6) is 0.166. The van der Waals surface area contributed by atoms with Crippen LogP contribution in [0.25, 0.3) is 0 Å². The van der Waals surface area contributed by atoms with E-state index in [2.05, 4.69) is 19.2 Å². The molecule has 0 unspecified atom stereocenters. The van der Waals surface area contributed by atoms with Crippen molar-refractivity contribution < 1.29 is 4.79 Å². The molecule has 1 amide bonds. The first-order valence-corrected chi connectivity index (χ1v) is 4.31. The van der Waals surface area contributed by atoms with E-state index in [0.29, 0.717) is 0 Å². The molecule has 0 radical (unpaired) electrons. The Morgan fingerprint density at radius 2 is 1.83 bits per heavy atom. The number of nitrogens with one attached hydrogen (secondary N) is 1. The van der Waals surface area contributed by atoms with Crippen molar-refractivity contribution in [2.75, 3.05) is 13.6 Å². The lowest BCUT2D eigenvalue weighted by Crippen LogP contribution is -2.68. The van der Waals surface area contributed by atoms with Crippen LogP contribution in [-0.4, -0.2) is 35.5 Å². The predicted molar refractivity (Wildman–Crippen MR) is 48.9 cm³/mol. The zero-order valence-electron chi connectivity index (χ0n) is 8.56. The van der Waals surface area contributed by atoms with Gasteiger partial charge in [-0.25, -0.2) is 0 Å². The average molecular weight is 170 g/mol. The number of carbonyl (C=O) groups excluding carboxylic acids is 1. The van der Waals surface area contributed by atoms with Gasteiger partial charge in [0.2, 0.25) is 5.91 Å². The molecule has 1 N–H and O–H groups in total. The van der Waals surface area contributed by atoms with Gasteiger partial charge in [-0.3, -0.25) is 4.79 Å². The molecule has 1 aliphatic heterocycles. The minimum absolute atomic E-state index is 0.0629. The molecule has 0 atom stereocenters. The third kappa shape index (κ3) is 1.33. The summed E-state index contributed by atoms with van der Waals surface area (Å²) in [6.45, 7) is 8.81. The fraction of sp³-hybridized carbons (Fsp3) is 0.889. The maximum atomic E-state index is 11.7. The number of nitrogens with zero attached hydrogens (tertiary/aromatic N) is 1. The van der Waals surface area contributed by atoms with Gasteiger partial charge < -0.3 is 10.2 Å². The third-order valence-electron chi connectivity index (χ3n) is 2.71. The summed E-state index contributed by atoms with van der Waals surface area (Å²) in [4.78, 5) is 13.5. The van der Waals surface area contributed by atoms with Crippen molar-refractivity contribution in [3.63, 3.8) is 0 Å². The quantitative estimate of drug-likeness (QED) is 0.577. The van der Waals surface area contributed by atoms with Crippen molar-refractivity contribution in [2.24, 2.45) is 0 Å². The van der Waals surface area contributed by atoms with Crippen LogP contribution in [0.5, 0.6) is 0 Å². The fourth-order valence-corrected chi connectivity index (χ4v) is 1.33. The standard InChI is InChI=1S/C9H18N2O/c1-8(2)6-10-9(3,4)7(12)11(8)5/h10H,6H2,1-5H3. The van der Waals surface area contributed by atoms with Crippen LogP contribution in [0.1, 0.15) is 27.7 Å². The van der Waals surface area contributed by atoms with E-state index in [9.17, 15) is 4.79 Å². The van der Waals surface area contributed by atoms with Gasteiger partial charge in [0, 0.05) is 19.1 Å². The molecular formula is C9H18N2O. The molecule has 70 valence electrons. The van der Waals surface area contributed by atoms with E-state index in [1.807, 2.05) is 25.8 Å². The molecule has 0 aromatic heterocycles. The Morgan fingerprint density at radius 1 is 1.33 bits per heavy atom. The van der Waals surface area contributed by atoms with Crippen LogP contribution in [0, 0.1) is 0 Å². The molecular weight excluding hydrogens is 152 g/mol. The van der Waals surface area contributed by atoms with E-state index in [1.54, 1.807) is 0 Å². The van der Waals surface area contributed by atoms with Gasteiger partial charge in [0.1, 0.15) is 0 Å². The second kappa shape index (κ2) is 2.46. The summed E-state index contributed by atoms with van der Waals surface area (Å²) in [6.07, 6.45) is 0. The molecule has 0 bridgehead atoms. The van der Waals surface area contributed by atoms with Gasteiger partial charge >= 0.3 is 0 Å². The van der Waals surface area contributed by atoms with Gasteiger partial charge in [-0.1, -0.05) is 0 Å². The van der Waals surface area contributed by atoms with Crippen molar-refractivity contribution in [3.8, 4) is 0 Å². The normalized spacial score (nSPS) is 27.4. The first-order valence-electron chi connectivity index (χ1n) is 4.31. The van der Waals surface area contributed by atoms with Gasteiger partial charge in [-0.2, -0.15) is 0 Å². The lowest BCUT2D eigenvalue weighted by atomic mass is 9.91. The minimum atomic E-state index is -0.399. The van der Waals surface area contributed by atoms with Crippen LogP contribution in [0.2, 0.25) is 0 Å². The van der Waals surface area contributed by atoms with Gasteiger partial charge in [0.25, 0.3) is 0 Å². The third-order valence-corrected chi connectivity index (χ3v) is 2.71. The summed E-state index contributed by atoms with van der Waals surface area (Å²) in [6, 6.07) is 0.